The van der Waals surface area contributed by atoms with Gasteiger partial charge in [0.25, 0.3) is 0 Å². The van der Waals surface area contributed by atoms with Crippen molar-refractivity contribution in [2.75, 3.05) is 58.0 Å². The van der Waals surface area contributed by atoms with Crippen LogP contribution in [0.4, 0.5) is 17.1 Å². The highest BCUT2D eigenvalue weighted by Crippen LogP contribution is 2.30. The van der Waals surface area contributed by atoms with E-state index in [-0.39, 0.29) is 32.9 Å². The van der Waals surface area contributed by atoms with Gasteiger partial charge in [0.2, 0.25) is 11.0 Å². The van der Waals surface area contributed by atoms with Gasteiger partial charge in [-0.2, -0.15) is 0 Å². The molecule has 0 saturated carbocycles. The maximum absolute atomic E-state index is 11.0. The van der Waals surface area contributed by atoms with E-state index in [1.54, 1.807) is 6.07 Å². The number of halogens is 1. The van der Waals surface area contributed by atoms with Crippen molar-refractivity contribution in [3.63, 3.8) is 0 Å². The van der Waals surface area contributed by atoms with Crippen LogP contribution in [0.2, 0.25) is 17.1 Å². The lowest BCUT2D eigenvalue weighted by Crippen LogP contribution is -2.46. The summed E-state index contributed by atoms with van der Waals surface area (Å²) in [5.74, 6) is 0. The fourth-order valence-electron chi connectivity index (χ4n) is 4.96. The van der Waals surface area contributed by atoms with Crippen LogP contribution in [-0.4, -0.2) is 101 Å². The van der Waals surface area contributed by atoms with E-state index in [9.17, 15) is 20.2 Å². The number of fused-ring (bicyclic) bond motifs is 2. The molecule has 3 N–H and O–H groups in total. The van der Waals surface area contributed by atoms with Crippen LogP contribution >= 0.6 is 11.6 Å². The summed E-state index contributed by atoms with van der Waals surface area (Å²) >= 11 is 5.69. The highest BCUT2D eigenvalue weighted by Gasteiger charge is 2.40. The summed E-state index contributed by atoms with van der Waals surface area (Å²) in [6, 6.07) is 7.11. The first-order valence-electron chi connectivity index (χ1n) is 17.2. The summed E-state index contributed by atoms with van der Waals surface area (Å²) in [6.07, 6.45) is 1.64. The summed E-state index contributed by atoms with van der Waals surface area (Å²) in [7, 11) is -5.07. The number of nitrogens with zero attached hydrogens (tertiary/aromatic N) is 6. The van der Waals surface area contributed by atoms with Gasteiger partial charge in [-0.3, -0.25) is 20.2 Å². The monoisotopic (exact) mass is 804 g/mol. The first-order chi connectivity index (χ1) is 25.5. The number of nitro groups is 2. The standard InChI is InChI=1S/C15H24N4O6Si.C9H23NO3Si.C6H2ClN3O3/c1-4-22-26(23-5-2,24-6-3)11-7-10-16-12-8-9-13(19(20)21)15-14(12)17-25-18-15;1-4-11-14(12-5-2,13-6-3)9-7-8-10;7-3-1-2-4(10(11)12)6-5(3)8-13-9-6/h8-9,16H,4-7,10-11H2,1-3H3;4-10H2,1-3H3;1-2H. The van der Waals surface area contributed by atoms with Gasteiger partial charge in [0.05, 0.1) is 20.6 Å². The van der Waals surface area contributed by atoms with E-state index in [1.807, 2.05) is 41.5 Å². The van der Waals surface area contributed by atoms with E-state index >= 15 is 0 Å². The van der Waals surface area contributed by atoms with Crippen molar-refractivity contribution in [2.45, 2.75) is 66.5 Å². The molecule has 0 saturated heterocycles. The minimum absolute atomic E-state index is 0.0671. The van der Waals surface area contributed by atoms with Gasteiger partial charge in [-0.15, -0.1) is 0 Å². The second kappa shape index (κ2) is 23.8. The molecule has 2 heterocycles. The first kappa shape index (κ1) is 45.4. The Morgan fingerprint density at radius 2 is 1.06 bits per heavy atom. The molecule has 0 spiro atoms. The number of aromatic nitrogens is 4. The maximum atomic E-state index is 11.0. The molecule has 0 bridgehead atoms. The van der Waals surface area contributed by atoms with Crippen molar-refractivity contribution in [3.05, 3.63) is 49.5 Å². The number of anilines is 1. The molecule has 0 unspecified atom stereocenters. The Balaban J connectivity index is 0.000000303. The second-order valence-electron chi connectivity index (χ2n) is 10.5. The molecular weight excluding hydrogens is 756 g/mol. The fraction of sp³-hybridized carbons (Fsp3) is 0.600. The molecule has 296 valence electrons. The number of rotatable bonds is 22. The Kier molecular flexibility index (Phi) is 20.4. The number of nitro benzene ring substituents is 2. The fourth-order valence-corrected chi connectivity index (χ4v) is 10.4. The predicted octanol–water partition coefficient (Wildman–Crippen LogP) is 6.15. The van der Waals surface area contributed by atoms with Crippen LogP contribution in [0.25, 0.3) is 22.1 Å². The van der Waals surface area contributed by atoms with Crippen molar-refractivity contribution in [3.8, 4) is 0 Å². The highest BCUT2D eigenvalue weighted by atomic mass is 35.5. The molecule has 4 rings (SSSR count). The number of hydrogen-bond acceptors (Lipinski definition) is 18. The Morgan fingerprint density at radius 1 is 0.660 bits per heavy atom. The zero-order valence-electron chi connectivity index (χ0n) is 30.8. The van der Waals surface area contributed by atoms with Crippen LogP contribution in [0.5, 0.6) is 0 Å². The van der Waals surface area contributed by atoms with Crippen LogP contribution < -0.4 is 11.1 Å². The smallest absolute Gasteiger partial charge is 0.383 e. The molecule has 4 aromatic rings. The van der Waals surface area contributed by atoms with Crippen LogP contribution in [0.1, 0.15) is 54.4 Å². The predicted molar refractivity (Wildman–Crippen MR) is 200 cm³/mol. The van der Waals surface area contributed by atoms with Crippen LogP contribution in [0.3, 0.4) is 0 Å². The average molecular weight is 805 g/mol. The van der Waals surface area contributed by atoms with Crippen LogP contribution in [0.15, 0.2) is 33.5 Å². The van der Waals surface area contributed by atoms with E-state index in [0.29, 0.717) is 70.0 Å². The highest BCUT2D eigenvalue weighted by molar-refractivity contribution is 6.61. The third kappa shape index (κ3) is 13.6. The minimum atomic E-state index is -2.67. The molecule has 0 fully saturated rings. The van der Waals surface area contributed by atoms with Gasteiger partial charge in [-0.05, 0) is 93.7 Å². The molecule has 0 atom stereocenters. The Bertz CT molecular complexity index is 1650. The van der Waals surface area contributed by atoms with E-state index in [0.717, 1.165) is 18.9 Å². The average Bonchev–Trinajstić information content (AvgIpc) is 3.82. The number of nitrogens with one attached hydrogen (secondary N) is 1. The summed E-state index contributed by atoms with van der Waals surface area (Å²) < 4.78 is 43.4. The molecule has 0 aliphatic rings. The van der Waals surface area contributed by atoms with Gasteiger partial charge in [0.15, 0.2) is 11.0 Å². The van der Waals surface area contributed by atoms with Crippen LogP contribution in [-0.2, 0) is 26.6 Å². The molecule has 0 amide bonds. The van der Waals surface area contributed by atoms with Crippen molar-refractivity contribution >= 4 is 68.3 Å². The normalized spacial score (nSPS) is 11.5. The summed E-state index contributed by atoms with van der Waals surface area (Å²) in [5, 5.41) is 39.2. The molecular formula is C30H49ClN8O12Si2. The quantitative estimate of drug-likeness (QED) is 0.0390. The van der Waals surface area contributed by atoms with E-state index in [1.165, 1.54) is 18.2 Å². The Labute approximate surface area is 313 Å². The lowest BCUT2D eigenvalue weighted by atomic mass is 10.2. The van der Waals surface area contributed by atoms with Crippen molar-refractivity contribution in [1.29, 1.82) is 0 Å². The summed E-state index contributed by atoms with van der Waals surface area (Å²) in [5.41, 5.74) is 6.54. The van der Waals surface area contributed by atoms with Gasteiger partial charge in [0, 0.05) is 70.4 Å². The summed E-state index contributed by atoms with van der Waals surface area (Å²) in [6.45, 7) is 16.4. The third-order valence-electron chi connectivity index (χ3n) is 6.98. The van der Waals surface area contributed by atoms with Gasteiger partial charge >= 0.3 is 29.0 Å². The lowest BCUT2D eigenvalue weighted by molar-refractivity contribution is -0.383. The Morgan fingerprint density at radius 3 is 1.49 bits per heavy atom. The SMILES string of the molecule is CCO[Si](CCCN)(OCC)OCC.CCO[Si](CCCNc1ccc([N+](=O)[O-])c2nonc12)(OCC)OCC.O=[N+]([O-])c1ccc(Cl)c2nonc12. The topological polar surface area (TPSA) is 258 Å². The van der Waals surface area contributed by atoms with Crippen molar-refractivity contribution in [2.24, 2.45) is 5.73 Å². The molecule has 2 aromatic carbocycles. The molecule has 0 aliphatic carbocycles. The number of benzene rings is 2. The van der Waals surface area contributed by atoms with E-state index in [4.69, 9.17) is 43.9 Å². The molecule has 2 aromatic heterocycles. The molecule has 0 aliphatic heterocycles. The summed E-state index contributed by atoms with van der Waals surface area (Å²) in [4.78, 5) is 20.4. The lowest BCUT2D eigenvalue weighted by Gasteiger charge is -2.28. The van der Waals surface area contributed by atoms with Gasteiger partial charge in [-0.1, -0.05) is 11.6 Å². The van der Waals surface area contributed by atoms with Gasteiger partial charge in [-0.25, -0.2) is 9.26 Å². The number of hydrogen-bond donors (Lipinski definition) is 2. The van der Waals surface area contributed by atoms with E-state index in [2.05, 4.69) is 35.2 Å². The second-order valence-corrected chi connectivity index (χ2v) is 16.4. The molecule has 0 radical (unpaired) electrons. The van der Waals surface area contributed by atoms with Gasteiger partial charge in [0.1, 0.15) is 0 Å². The van der Waals surface area contributed by atoms with E-state index < -0.39 is 27.5 Å². The van der Waals surface area contributed by atoms with Crippen molar-refractivity contribution < 1.29 is 45.7 Å². The van der Waals surface area contributed by atoms with Crippen molar-refractivity contribution in [1.82, 2.24) is 20.6 Å². The largest absolute Gasteiger partial charge is 0.500 e. The molecule has 20 nitrogen and oxygen atoms in total. The molecule has 53 heavy (non-hydrogen) atoms. The van der Waals surface area contributed by atoms with Gasteiger partial charge < -0.3 is 37.6 Å². The number of non-ortho nitro benzene ring substituents is 2. The zero-order chi connectivity index (χ0) is 39.3. The zero-order valence-corrected chi connectivity index (χ0v) is 33.6. The van der Waals surface area contributed by atoms with Crippen LogP contribution in [0, 0.1) is 20.2 Å². The molecule has 23 heteroatoms. The minimum Gasteiger partial charge on any atom is -0.383 e. The Hall–Kier alpha value is -3.72. The maximum Gasteiger partial charge on any atom is 0.500 e. The first-order valence-corrected chi connectivity index (χ1v) is 21.5. The third-order valence-corrected chi connectivity index (χ3v) is 13.6. The number of nitrogens with two attached hydrogens (primary N) is 1.